The Bertz CT molecular complexity index is 1300. The fourth-order valence-electron chi connectivity index (χ4n) is 4.47. The van der Waals surface area contributed by atoms with Crippen LogP contribution in [0.5, 0.6) is 0 Å². The van der Waals surface area contributed by atoms with Crippen molar-refractivity contribution in [2.75, 3.05) is 17.7 Å². The second kappa shape index (κ2) is 8.79. The van der Waals surface area contributed by atoms with Gasteiger partial charge in [-0.25, -0.2) is 15.0 Å². The Morgan fingerprint density at radius 1 is 1.12 bits per heavy atom. The fourth-order valence-corrected chi connectivity index (χ4v) is 6.63. The molecule has 164 valence electrons. The SMILES string of the molecule is CC(C)c1nc2sc3c(SCC(=O)N(C)c4ccccc4)ncnc3c2c2c1CCCC2. The highest BCUT2D eigenvalue weighted by Crippen LogP contribution is 2.42. The summed E-state index contributed by atoms with van der Waals surface area (Å²) in [5, 5.41) is 2.07. The second-order valence-corrected chi connectivity index (χ2v) is 10.5. The van der Waals surface area contributed by atoms with Crippen LogP contribution < -0.4 is 4.90 Å². The van der Waals surface area contributed by atoms with Crippen LogP contribution in [0.2, 0.25) is 0 Å². The maximum Gasteiger partial charge on any atom is 0.237 e. The van der Waals surface area contributed by atoms with Crippen LogP contribution in [0.15, 0.2) is 41.7 Å². The predicted octanol–water partition coefficient (Wildman–Crippen LogP) is 6.00. The molecule has 1 aliphatic carbocycles. The van der Waals surface area contributed by atoms with Crippen LogP contribution in [0, 0.1) is 0 Å². The lowest BCUT2D eigenvalue weighted by molar-refractivity contribution is -0.115. The van der Waals surface area contributed by atoms with Crippen LogP contribution in [0.1, 0.15) is 49.4 Å². The number of amides is 1. The van der Waals surface area contributed by atoms with E-state index in [2.05, 4.69) is 23.8 Å². The van der Waals surface area contributed by atoms with Crippen LogP contribution in [-0.4, -0.2) is 33.7 Å². The molecule has 5 rings (SSSR count). The van der Waals surface area contributed by atoms with Crippen molar-refractivity contribution in [3.63, 3.8) is 0 Å². The number of hydrogen-bond donors (Lipinski definition) is 0. The lowest BCUT2D eigenvalue weighted by Gasteiger charge is -2.21. The Morgan fingerprint density at radius 3 is 2.62 bits per heavy atom. The first-order chi connectivity index (χ1) is 15.5. The van der Waals surface area contributed by atoms with Gasteiger partial charge in [0.1, 0.15) is 16.2 Å². The number of aryl methyl sites for hydroxylation is 1. The third-order valence-electron chi connectivity index (χ3n) is 6.12. The van der Waals surface area contributed by atoms with E-state index < -0.39 is 0 Å². The Kier molecular flexibility index (Phi) is 5.86. The molecular formula is C25H26N4OS2. The lowest BCUT2D eigenvalue weighted by atomic mass is 9.86. The molecule has 5 nitrogen and oxygen atoms in total. The van der Waals surface area contributed by atoms with Crippen molar-refractivity contribution in [1.29, 1.82) is 0 Å². The first-order valence-corrected chi connectivity index (χ1v) is 12.9. The number of anilines is 1. The summed E-state index contributed by atoms with van der Waals surface area (Å²) in [6.45, 7) is 4.46. The van der Waals surface area contributed by atoms with Crippen molar-refractivity contribution in [2.24, 2.45) is 0 Å². The van der Waals surface area contributed by atoms with Crippen molar-refractivity contribution in [3.05, 3.63) is 53.5 Å². The van der Waals surface area contributed by atoms with E-state index in [9.17, 15) is 4.79 Å². The summed E-state index contributed by atoms with van der Waals surface area (Å²) < 4.78 is 1.05. The van der Waals surface area contributed by atoms with Gasteiger partial charge in [0.15, 0.2) is 0 Å². The average molecular weight is 463 g/mol. The van der Waals surface area contributed by atoms with Gasteiger partial charge in [-0.3, -0.25) is 4.79 Å². The zero-order valence-electron chi connectivity index (χ0n) is 18.6. The second-order valence-electron chi connectivity index (χ2n) is 8.53. The Hall–Kier alpha value is -2.51. The molecule has 0 N–H and O–H groups in total. The lowest BCUT2D eigenvalue weighted by Crippen LogP contribution is -2.27. The molecule has 0 fully saturated rings. The van der Waals surface area contributed by atoms with E-state index in [4.69, 9.17) is 4.98 Å². The molecule has 0 unspecified atom stereocenters. The molecule has 1 aromatic carbocycles. The van der Waals surface area contributed by atoms with E-state index in [0.29, 0.717) is 11.7 Å². The highest BCUT2D eigenvalue weighted by atomic mass is 32.2. The summed E-state index contributed by atoms with van der Waals surface area (Å²) in [4.78, 5) is 29.8. The molecule has 0 spiro atoms. The number of para-hydroxylation sites is 1. The van der Waals surface area contributed by atoms with Crippen LogP contribution in [0.25, 0.3) is 20.4 Å². The van der Waals surface area contributed by atoms with Gasteiger partial charge in [-0.1, -0.05) is 43.8 Å². The maximum absolute atomic E-state index is 12.8. The van der Waals surface area contributed by atoms with Gasteiger partial charge in [-0.2, -0.15) is 0 Å². The summed E-state index contributed by atoms with van der Waals surface area (Å²) in [5.41, 5.74) is 5.99. The summed E-state index contributed by atoms with van der Waals surface area (Å²) in [6, 6.07) is 9.72. The molecular weight excluding hydrogens is 436 g/mol. The van der Waals surface area contributed by atoms with Crippen LogP contribution >= 0.6 is 23.1 Å². The first-order valence-electron chi connectivity index (χ1n) is 11.1. The number of pyridine rings is 1. The molecule has 0 saturated heterocycles. The quantitative estimate of drug-likeness (QED) is 0.269. The van der Waals surface area contributed by atoms with E-state index >= 15 is 0 Å². The minimum absolute atomic E-state index is 0.0478. The maximum atomic E-state index is 12.8. The molecule has 0 saturated carbocycles. The topological polar surface area (TPSA) is 59.0 Å². The highest BCUT2D eigenvalue weighted by molar-refractivity contribution is 8.00. The summed E-state index contributed by atoms with van der Waals surface area (Å²) >= 11 is 3.15. The summed E-state index contributed by atoms with van der Waals surface area (Å²) in [6.07, 6.45) is 6.28. The van der Waals surface area contributed by atoms with Gasteiger partial charge in [0.2, 0.25) is 5.91 Å². The monoisotopic (exact) mass is 462 g/mol. The normalized spacial score (nSPS) is 13.6. The number of rotatable bonds is 5. The highest BCUT2D eigenvalue weighted by Gasteiger charge is 2.24. The molecule has 0 bridgehead atoms. The molecule has 4 aromatic rings. The van der Waals surface area contributed by atoms with Gasteiger partial charge < -0.3 is 4.90 Å². The van der Waals surface area contributed by atoms with Crippen LogP contribution in [-0.2, 0) is 17.6 Å². The van der Waals surface area contributed by atoms with Gasteiger partial charge in [0.05, 0.1) is 16.0 Å². The standard InChI is InChI=1S/C25H26N4OS2/c1-15(2)21-18-12-8-7-11-17(18)20-22-23(32-24(20)28-21)25(27-14-26-22)31-13-19(30)29(3)16-9-5-4-6-10-16/h4-6,9-10,14-15H,7-8,11-13H2,1-3H3. The number of benzene rings is 1. The zero-order chi connectivity index (χ0) is 22.2. The Labute approximate surface area is 196 Å². The molecule has 0 atom stereocenters. The van der Waals surface area contributed by atoms with E-state index in [0.717, 1.165) is 38.6 Å². The Morgan fingerprint density at radius 2 is 1.88 bits per heavy atom. The van der Waals surface area contributed by atoms with Gasteiger partial charge in [0, 0.05) is 23.8 Å². The van der Waals surface area contributed by atoms with Crippen molar-refractivity contribution in [3.8, 4) is 0 Å². The van der Waals surface area contributed by atoms with Crippen molar-refractivity contribution < 1.29 is 4.79 Å². The molecule has 0 aliphatic heterocycles. The molecule has 7 heteroatoms. The molecule has 1 amide bonds. The third kappa shape index (κ3) is 3.77. The number of carbonyl (C=O) groups excluding carboxylic acids is 1. The predicted molar refractivity (Wildman–Crippen MR) is 134 cm³/mol. The number of carbonyl (C=O) groups is 1. The fraction of sp³-hybridized carbons (Fsp3) is 0.360. The molecule has 3 heterocycles. The molecule has 1 aliphatic rings. The minimum atomic E-state index is 0.0478. The smallest absolute Gasteiger partial charge is 0.237 e. The number of thiophene rings is 1. The van der Waals surface area contributed by atoms with Crippen molar-refractivity contribution >= 4 is 55.1 Å². The average Bonchev–Trinajstić information content (AvgIpc) is 3.21. The van der Waals surface area contributed by atoms with E-state index in [1.54, 1.807) is 22.6 Å². The minimum Gasteiger partial charge on any atom is -0.315 e. The van der Waals surface area contributed by atoms with Crippen molar-refractivity contribution in [1.82, 2.24) is 15.0 Å². The van der Waals surface area contributed by atoms with E-state index in [-0.39, 0.29) is 5.91 Å². The Balaban J connectivity index is 1.51. The number of fused-ring (bicyclic) bond motifs is 5. The van der Waals surface area contributed by atoms with E-state index in [1.165, 1.54) is 46.8 Å². The van der Waals surface area contributed by atoms with Gasteiger partial charge in [0.25, 0.3) is 0 Å². The molecule has 0 radical (unpaired) electrons. The van der Waals surface area contributed by atoms with Crippen molar-refractivity contribution in [2.45, 2.75) is 50.5 Å². The number of nitrogens with zero attached hydrogens (tertiary/aromatic N) is 4. The first kappa shape index (κ1) is 21.3. The van der Waals surface area contributed by atoms with Crippen LogP contribution in [0.3, 0.4) is 0 Å². The number of aromatic nitrogens is 3. The van der Waals surface area contributed by atoms with Crippen LogP contribution in [0.4, 0.5) is 5.69 Å². The molecule has 32 heavy (non-hydrogen) atoms. The van der Waals surface area contributed by atoms with Gasteiger partial charge in [-0.15, -0.1) is 11.3 Å². The zero-order valence-corrected chi connectivity index (χ0v) is 20.2. The number of thioether (sulfide) groups is 1. The van der Waals surface area contributed by atoms with E-state index in [1.807, 2.05) is 37.4 Å². The largest absolute Gasteiger partial charge is 0.315 e. The third-order valence-corrected chi connectivity index (χ3v) is 8.30. The van der Waals surface area contributed by atoms with Gasteiger partial charge in [-0.05, 0) is 54.9 Å². The van der Waals surface area contributed by atoms with Gasteiger partial charge >= 0.3 is 0 Å². The number of hydrogen-bond acceptors (Lipinski definition) is 6. The molecule has 3 aromatic heterocycles. The summed E-state index contributed by atoms with van der Waals surface area (Å²) in [7, 11) is 1.82. The summed E-state index contributed by atoms with van der Waals surface area (Å²) in [5.74, 6) is 0.781.